The summed E-state index contributed by atoms with van der Waals surface area (Å²) in [7, 11) is 0. The molecule has 0 aliphatic carbocycles. The summed E-state index contributed by atoms with van der Waals surface area (Å²) in [6, 6.07) is 9.37. The van der Waals surface area contributed by atoms with Crippen molar-refractivity contribution in [2.45, 2.75) is 13.3 Å². The van der Waals surface area contributed by atoms with E-state index in [2.05, 4.69) is 0 Å². The van der Waals surface area contributed by atoms with E-state index in [1.54, 1.807) is 36.1 Å². The molecule has 0 spiro atoms. The number of amides is 1. The number of hydrogen-bond donors (Lipinski definition) is 1. The van der Waals surface area contributed by atoms with Crippen LogP contribution in [0.25, 0.3) is 0 Å². The van der Waals surface area contributed by atoms with Gasteiger partial charge in [0.15, 0.2) is 0 Å². The van der Waals surface area contributed by atoms with Crippen LogP contribution in [0.15, 0.2) is 36.4 Å². The zero-order valence-electron chi connectivity index (χ0n) is 11.1. The summed E-state index contributed by atoms with van der Waals surface area (Å²) in [6.07, 6.45) is 0.721. The predicted molar refractivity (Wildman–Crippen MR) is 74.6 cm³/mol. The molecule has 0 unspecified atom stereocenters. The van der Waals surface area contributed by atoms with Crippen LogP contribution in [-0.2, 0) is 6.42 Å². The maximum absolute atomic E-state index is 13.4. The van der Waals surface area contributed by atoms with Gasteiger partial charge in [-0.15, -0.1) is 0 Å². The number of aromatic hydroxyl groups is 1. The first-order valence-electron chi connectivity index (χ1n) is 6.47. The smallest absolute Gasteiger partial charge is 0.258 e. The topological polar surface area (TPSA) is 40.5 Å². The minimum atomic E-state index is -0.351. The lowest BCUT2D eigenvalue weighted by atomic mass is 10.1. The van der Waals surface area contributed by atoms with E-state index in [1.165, 1.54) is 12.1 Å². The van der Waals surface area contributed by atoms with Gasteiger partial charge in [-0.1, -0.05) is 12.1 Å². The zero-order valence-corrected chi connectivity index (χ0v) is 11.1. The third-order valence-corrected chi connectivity index (χ3v) is 3.72. The van der Waals surface area contributed by atoms with Crippen LogP contribution >= 0.6 is 0 Å². The van der Waals surface area contributed by atoms with Gasteiger partial charge in [-0.25, -0.2) is 4.39 Å². The highest BCUT2D eigenvalue weighted by Gasteiger charge is 2.27. The Morgan fingerprint density at radius 2 is 2.10 bits per heavy atom. The van der Waals surface area contributed by atoms with Gasteiger partial charge in [-0.3, -0.25) is 4.79 Å². The standard InChI is InChI=1S/C16H14FNO2/c1-10-13(3-2-4-15(10)19)16(20)18-8-7-11-5-6-12(17)9-14(11)18/h2-6,9,19H,7-8H2,1H3. The number of carbonyl (C=O) groups is 1. The molecule has 0 bridgehead atoms. The summed E-state index contributed by atoms with van der Waals surface area (Å²) in [5.41, 5.74) is 2.58. The fraction of sp³-hybridized carbons (Fsp3) is 0.188. The fourth-order valence-electron chi connectivity index (χ4n) is 2.56. The summed E-state index contributed by atoms with van der Waals surface area (Å²) in [6.45, 7) is 2.23. The quantitative estimate of drug-likeness (QED) is 0.866. The molecular weight excluding hydrogens is 257 g/mol. The van der Waals surface area contributed by atoms with Crippen molar-refractivity contribution in [1.82, 2.24) is 0 Å². The van der Waals surface area contributed by atoms with Gasteiger partial charge in [0.2, 0.25) is 0 Å². The fourth-order valence-corrected chi connectivity index (χ4v) is 2.56. The second-order valence-corrected chi connectivity index (χ2v) is 4.93. The van der Waals surface area contributed by atoms with E-state index in [1.807, 2.05) is 0 Å². The lowest BCUT2D eigenvalue weighted by Gasteiger charge is -2.19. The summed E-state index contributed by atoms with van der Waals surface area (Å²) in [4.78, 5) is 14.2. The van der Waals surface area contributed by atoms with Gasteiger partial charge >= 0.3 is 0 Å². The zero-order chi connectivity index (χ0) is 14.3. The van der Waals surface area contributed by atoms with Gasteiger partial charge in [0, 0.05) is 17.7 Å². The van der Waals surface area contributed by atoms with Crippen LogP contribution in [-0.4, -0.2) is 17.6 Å². The normalized spacial score (nSPS) is 13.4. The monoisotopic (exact) mass is 271 g/mol. The molecule has 4 heteroatoms. The number of hydrogen-bond acceptors (Lipinski definition) is 2. The van der Waals surface area contributed by atoms with Crippen LogP contribution in [0.4, 0.5) is 10.1 Å². The molecule has 0 saturated carbocycles. The molecule has 20 heavy (non-hydrogen) atoms. The van der Waals surface area contributed by atoms with Crippen LogP contribution in [0, 0.1) is 12.7 Å². The SMILES string of the molecule is Cc1c(O)cccc1C(=O)N1CCc2ccc(F)cc21. The van der Waals surface area contributed by atoms with Gasteiger partial charge in [0.1, 0.15) is 11.6 Å². The van der Waals surface area contributed by atoms with Crippen molar-refractivity contribution in [3.8, 4) is 5.75 Å². The van der Waals surface area contributed by atoms with Crippen molar-refractivity contribution < 1.29 is 14.3 Å². The predicted octanol–water partition coefficient (Wildman–Crippen LogP) is 3.04. The Balaban J connectivity index is 2.02. The van der Waals surface area contributed by atoms with Crippen molar-refractivity contribution in [2.75, 3.05) is 11.4 Å². The van der Waals surface area contributed by atoms with Crippen molar-refractivity contribution in [2.24, 2.45) is 0 Å². The number of anilines is 1. The van der Waals surface area contributed by atoms with Crippen LogP contribution < -0.4 is 4.90 Å². The van der Waals surface area contributed by atoms with E-state index in [9.17, 15) is 14.3 Å². The molecule has 2 aromatic rings. The molecule has 102 valence electrons. The van der Waals surface area contributed by atoms with Crippen LogP contribution in [0.1, 0.15) is 21.5 Å². The van der Waals surface area contributed by atoms with Crippen LogP contribution in [0.3, 0.4) is 0 Å². The lowest BCUT2D eigenvalue weighted by molar-refractivity contribution is 0.0988. The second kappa shape index (κ2) is 4.63. The lowest BCUT2D eigenvalue weighted by Crippen LogP contribution is -2.29. The van der Waals surface area contributed by atoms with E-state index in [0.717, 1.165) is 12.0 Å². The Hall–Kier alpha value is -2.36. The number of benzene rings is 2. The van der Waals surface area contributed by atoms with Gasteiger partial charge in [0.25, 0.3) is 5.91 Å². The average molecular weight is 271 g/mol. The Labute approximate surface area is 116 Å². The number of halogens is 1. The third kappa shape index (κ3) is 1.93. The maximum Gasteiger partial charge on any atom is 0.258 e. The molecule has 0 atom stereocenters. The molecule has 1 heterocycles. The highest BCUT2D eigenvalue weighted by atomic mass is 19.1. The van der Waals surface area contributed by atoms with E-state index >= 15 is 0 Å². The number of rotatable bonds is 1. The van der Waals surface area contributed by atoms with Gasteiger partial charge in [-0.05, 0) is 43.2 Å². The van der Waals surface area contributed by atoms with Crippen LogP contribution in [0.5, 0.6) is 5.75 Å². The summed E-state index contributed by atoms with van der Waals surface area (Å²) in [5.74, 6) is -0.464. The molecule has 3 rings (SSSR count). The van der Waals surface area contributed by atoms with E-state index < -0.39 is 0 Å². The van der Waals surface area contributed by atoms with Crippen molar-refractivity contribution >= 4 is 11.6 Å². The number of phenols is 1. The first-order valence-corrected chi connectivity index (χ1v) is 6.47. The molecule has 0 fully saturated rings. The molecular formula is C16H14FNO2. The van der Waals surface area contributed by atoms with Gasteiger partial charge < -0.3 is 10.0 Å². The number of phenolic OH excluding ortho intramolecular Hbond substituents is 1. The van der Waals surface area contributed by atoms with Crippen molar-refractivity contribution in [1.29, 1.82) is 0 Å². The molecule has 1 aliphatic heterocycles. The number of carbonyl (C=O) groups excluding carboxylic acids is 1. The molecule has 0 aromatic heterocycles. The Kier molecular flexibility index (Phi) is 2.93. The third-order valence-electron chi connectivity index (χ3n) is 3.72. The molecule has 3 nitrogen and oxygen atoms in total. The summed E-state index contributed by atoms with van der Waals surface area (Å²) < 4.78 is 13.4. The Bertz CT molecular complexity index is 697. The molecule has 1 N–H and O–H groups in total. The van der Waals surface area contributed by atoms with E-state index in [0.29, 0.717) is 23.4 Å². The maximum atomic E-state index is 13.4. The largest absolute Gasteiger partial charge is 0.508 e. The first-order chi connectivity index (χ1) is 9.58. The Morgan fingerprint density at radius 3 is 2.90 bits per heavy atom. The summed E-state index contributed by atoms with van der Waals surface area (Å²) in [5, 5.41) is 9.70. The highest BCUT2D eigenvalue weighted by Crippen LogP contribution is 2.31. The number of fused-ring (bicyclic) bond motifs is 1. The van der Waals surface area contributed by atoms with E-state index in [4.69, 9.17) is 0 Å². The molecule has 2 aromatic carbocycles. The minimum absolute atomic E-state index is 0.0921. The second-order valence-electron chi connectivity index (χ2n) is 4.93. The minimum Gasteiger partial charge on any atom is -0.508 e. The molecule has 1 amide bonds. The molecule has 1 aliphatic rings. The van der Waals surface area contributed by atoms with Crippen molar-refractivity contribution in [3.63, 3.8) is 0 Å². The van der Waals surface area contributed by atoms with Gasteiger partial charge in [0.05, 0.1) is 5.69 Å². The molecule has 0 radical (unpaired) electrons. The highest BCUT2D eigenvalue weighted by molar-refractivity contribution is 6.08. The summed E-state index contributed by atoms with van der Waals surface area (Å²) >= 11 is 0. The van der Waals surface area contributed by atoms with Crippen molar-refractivity contribution in [3.05, 3.63) is 58.9 Å². The molecule has 0 saturated heterocycles. The number of nitrogens with zero attached hydrogens (tertiary/aromatic N) is 1. The Morgan fingerprint density at radius 1 is 1.30 bits per heavy atom. The first kappa shape index (κ1) is 12.7. The average Bonchev–Trinajstić information content (AvgIpc) is 2.84. The van der Waals surface area contributed by atoms with E-state index in [-0.39, 0.29) is 17.5 Å². The van der Waals surface area contributed by atoms with Gasteiger partial charge in [-0.2, -0.15) is 0 Å². The van der Waals surface area contributed by atoms with Crippen LogP contribution in [0.2, 0.25) is 0 Å².